The van der Waals surface area contributed by atoms with E-state index in [9.17, 15) is 4.79 Å². The van der Waals surface area contributed by atoms with Crippen LogP contribution in [0.1, 0.15) is 24.9 Å². The molecule has 2 aromatic rings. The largest absolute Gasteiger partial charge is 0.338 e. The number of nitrogens with zero attached hydrogens (tertiary/aromatic N) is 4. The van der Waals surface area contributed by atoms with Crippen molar-refractivity contribution in [3.8, 4) is 0 Å². The maximum atomic E-state index is 12.2. The number of nitrogens with one attached hydrogen (secondary N) is 1. The van der Waals surface area contributed by atoms with Gasteiger partial charge in [-0.2, -0.15) is 16.4 Å². The number of amides is 2. The molecule has 130 valence electrons. The predicted molar refractivity (Wildman–Crippen MR) is 96.1 cm³/mol. The van der Waals surface area contributed by atoms with E-state index < -0.39 is 0 Å². The summed E-state index contributed by atoms with van der Waals surface area (Å²) < 4.78 is 1.89. The number of hydrogen-bond donors (Lipinski definition) is 1. The SMILES string of the molecule is CC(c1ccsc1)N1CCN(C(=O)NCCCn2cccn2)CC1. The van der Waals surface area contributed by atoms with E-state index in [1.807, 2.05) is 21.8 Å². The summed E-state index contributed by atoms with van der Waals surface area (Å²) in [4.78, 5) is 16.6. The summed E-state index contributed by atoms with van der Waals surface area (Å²) in [6.07, 6.45) is 4.60. The van der Waals surface area contributed by atoms with Crippen molar-refractivity contribution in [2.24, 2.45) is 0 Å². The number of aryl methyl sites for hydroxylation is 1. The molecule has 2 amide bonds. The second-order valence-corrected chi connectivity index (χ2v) is 6.89. The van der Waals surface area contributed by atoms with Gasteiger partial charge in [0.25, 0.3) is 0 Å². The minimum atomic E-state index is 0.0540. The van der Waals surface area contributed by atoms with Crippen molar-refractivity contribution >= 4 is 17.4 Å². The van der Waals surface area contributed by atoms with Crippen LogP contribution >= 0.6 is 11.3 Å². The Bertz CT molecular complexity index is 605. The molecule has 6 nitrogen and oxygen atoms in total. The van der Waals surface area contributed by atoms with Gasteiger partial charge < -0.3 is 10.2 Å². The first-order chi connectivity index (χ1) is 11.7. The monoisotopic (exact) mass is 347 g/mol. The molecule has 1 N–H and O–H groups in total. The van der Waals surface area contributed by atoms with E-state index in [4.69, 9.17) is 0 Å². The molecule has 0 spiro atoms. The first-order valence-corrected chi connectivity index (χ1v) is 9.44. The van der Waals surface area contributed by atoms with Crippen molar-refractivity contribution in [1.82, 2.24) is 24.9 Å². The highest BCUT2D eigenvalue weighted by molar-refractivity contribution is 7.07. The van der Waals surface area contributed by atoms with Crippen molar-refractivity contribution < 1.29 is 4.79 Å². The molecule has 7 heteroatoms. The molecular formula is C17H25N5OS. The second-order valence-electron chi connectivity index (χ2n) is 6.11. The van der Waals surface area contributed by atoms with E-state index in [0.29, 0.717) is 12.6 Å². The van der Waals surface area contributed by atoms with Gasteiger partial charge in [-0.3, -0.25) is 9.58 Å². The van der Waals surface area contributed by atoms with Crippen LogP contribution in [-0.2, 0) is 6.54 Å². The molecule has 0 aromatic carbocycles. The Kier molecular flexibility index (Phi) is 5.87. The van der Waals surface area contributed by atoms with Crippen molar-refractivity contribution in [2.45, 2.75) is 25.9 Å². The fourth-order valence-corrected chi connectivity index (χ4v) is 3.76. The summed E-state index contributed by atoms with van der Waals surface area (Å²) in [7, 11) is 0. The van der Waals surface area contributed by atoms with Gasteiger partial charge in [0.2, 0.25) is 0 Å². The molecular weight excluding hydrogens is 322 g/mol. The summed E-state index contributed by atoms with van der Waals surface area (Å²) in [5, 5.41) is 11.5. The minimum absolute atomic E-state index is 0.0540. The lowest BCUT2D eigenvalue weighted by atomic mass is 10.1. The highest BCUT2D eigenvalue weighted by atomic mass is 32.1. The normalized spacial score (nSPS) is 17.0. The summed E-state index contributed by atoms with van der Waals surface area (Å²) in [6.45, 7) is 7.20. The second kappa shape index (κ2) is 8.30. The molecule has 1 fully saturated rings. The molecule has 0 saturated carbocycles. The van der Waals surface area contributed by atoms with E-state index in [1.165, 1.54) is 5.56 Å². The average Bonchev–Trinajstić information content (AvgIpc) is 3.31. The van der Waals surface area contributed by atoms with Crippen LogP contribution in [0.5, 0.6) is 0 Å². The van der Waals surface area contributed by atoms with Crippen LogP contribution in [0.2, 0.25) is 0 Å². The lowest BCUT2D eigenvalue weighted by Gasteiger charge is -2.37. The van der Waals surface area contributed by atoms with Gasteiger partial charge >= 0.3 is 6.03 Å². The zero-order valence-electron chi connectivity index (χ0n) is 14.1. The molecule has 1 atom stereocenters. The third-order valence-electron chi connectivity index (χ3n) is 4.57. The first-order valence-electron chi connectivity index (χ1n) is 8.50. The average molecular weight is 347 g/mol. The fourth-order valence-electron chi connectivity index (χ4n) is 3.02. The van der Waals surface area contributed by atoms with Crippen molar-refractivity contribution in [3.63, 3.8) is 0 Å². The molecule has 3 rings (SSSR count). The number of carbonyl (C=O) groups excluding carboxylic acids is 1. The highest BCUT2D eigenvalue weighted by Gasteiger charge is 2.24. The van der Waals surface area contributed by atoms with Gasteiger partial charge in [-0.25, -0.2) is 4.79 Å². The Hall–Kier alpha value is -1.86. The van der Waals surface area contributed by atoms with E-state index in [0.717, 1.165) is 39.1 Å². The summed E-state index contributed by atoms with van der Waals surface area (Å²) in [5.41, 5.74) is 1.37. The molecule has 1 aliphatic heterocycles. The number of hydrogen-bond acceptors (Lipinski definition) is 4. The zero-order chi connectivity index (χ0) is 16.8. The van der Waals surface area contributed by atoms with E-state index in [2.05, 4.69) is 39.1 Å². The van der Waals surface area contributed by atoms with Crippen LogP contribution in [0.3, 0.4) is 0 Å². The number of thiophene rings is 1. The van der Waals surface area contributed by atoms with Gasteiger partial charge in [-0.15, -0.1) is 0 Å². The molecule has 0 aliphatic carbocycles. The number of aromatic nitrogens is 2. The molecule has 1 aliphatic rings. The van der Waals surface area contributed by atoms with Gasteiger partial charge in [-0.05, 0) is 41.8 Å². The van der Waals surface area contributed by atoms with Gasteiger partial charge in [0.15, 0.2) is 0 Å². The van der Waals surface area contributed by atoms with Crippen LogP contribution in [0.25, 0.3) is 0 Å². The Labute approximate surface area is 147 Å². The topological polar surface area (TPSA) is 53.4 Å². The lowest BCUT2D eigenvalue weighted by molar-refractivity contribution is 0.114. The Morgan fingerprint density at radius 1 is 1.38 bits per heavy atom. The van der Waals surface area contributed by atoms with Crippen LogP contribution in [-0.4, -0.2) is 58.3 Å². The maximum absolute atomic E-state index is 12.2. The third kappa shape index (κ3) is 4.36. The van der Waals surface area contributed by atoms with Crippen LogP contribution in [0.15, 0.2) is 35.3 Å². The van der Waals surface area contributed by atoms with E-state index in [-0.39, 0.29) is 6.03 Å². The predicted octanol–water partition coefficient (Wildman–Crippen LogP) is 2.42. The van der Waals surface area contributed by atoms with Gasteiger partial charge in [0.05, 0.1) is 0 Å². The number of urea groups is 1. The standard InChI is InChI=1S/C17H25N5OS/c1-15(16-4-13-24-14-16)20-9-11-21(12-10-20)17(23)18-5-2-7-22-8-3-6-19-22/h3-4,6,8,13-15H,2,5,7,9-12H2,1H3,(H,18,23). The first kappa shape index (κ1) is 17.0. The molecule has 0 radical (unpaired) electrons. The zero-order valence-corrected chi connectivity index (χ0v) is 14.9. The Morgan fingerprint density at radius 3 is 2.88 bits per heavy atom. The van der Waals surface area contributed by atoms with Crippen LogP contribution in [0.4, 0.5) is 4.79 Å². The molecule has 1 saturated heterocycles. The summed E-state index contributed by atoms with van der Waals surface area (Å²) >= 11 is 1.74. The number of rotatable bonds is 6. The van der Waals surface area contributed by atoms with Gasteiger partial charge in [0.1, 0.15) is 0 Å². The van der Waals surface area contributed by atoms with Crippen molar-refractivity contribution in [2.75, 3.05) is 32.7 Å². The fraction of sp³-hybridized carbons (Fsp3) is 0.529. The van der Waals surface area contributed by atoms with Crippen LogP contribution < -0.4 is 5.32 Å². The minimum Gasteiger partial charge on any atom is -0.338 e. The smallest absolute Gasteiger partial charge is 0.317 e. The van der Waals surface area contributed by atoms with Crippen molar-refractivity contribution in [3.05, 3.63) is 40.8 Å². The molecule has 1 unspecified atom stereocenters. The summed E-state index contributed by atoms with van der Waals surface area (Å²) in [6, 6.07) is 4.58. The number of carbonyl (C=O) groups is 1. The van der Waals surface area contributed by atoms with Gasteiger partial charge in [0, 0.05) is 57.7 Å². The highest BCUT2D eigenvalue weighted by Crippen LogP contribution is 2.23. The van der Waals surface area contributed by atoms with Gasteiger partial charge in [-0.1, -0.05) is 0 Å². The molecule has 0 bridgehead atoms. The summed E-state index contributed by atoms with van der Waals surface area (Å²) in [5.74, 6) is 0. The van der Waals surface area contributed by atoms with Crippen molar-refractivity contribution in [1.29, 1.82) is 0 Å². The Morgan fingerprint density at radius 2 is 2.21 bits per heavy atom. The third-order valence-corrected chi connectivity index (χ3v) is 5.28. The molecule has 3 heterocycles. The van der Waals surface area contributed by atoms with Crippen LogP contribution in [0, 0.1) is 0 Å². The number of piperazine rings is 1. The lowest BCUT2D eigenvalue weighted by Crippen LogP contribution is -2.52. The molecule has 2 aromatic heterocycles. The quantitative estimate of drug-likeness (QED) is 0.817. The maximum Gasteiger partial charge on any atom is 0.317 e. The van der Waals surface area contributed by atoms with E-state index >= 15 is 0 Å². The Balaban J connectivity index is 1.35. The molecule has 24 heavy (non-hydrogen) atoms. The van der Waals surface area contributed by atoms with E-state index in [1.54, 1.807) is 17.5 Å².